The molecule has 2 atom stereocenters. The Morgan fingerprint density at radius 2 is 1.50 bits per heavy atom. The summed E-state index contributed by atoms with van der Waals surface area (Å²) in [5.41, 5.74) is 0.778. The van der Waals surface area contributed by atoms with Crippen LogP contribution < -0.4 is 10.1 Å². The molecule has 2 saturated carbocycles. The summed E-state index contributed by atoms with van der Waals surface area (Å²) in [5, 5.41) is 23.2. The minimum Gasteiger partial charge on any atom is -0.504 e. The van der Waals surface area contributed by atoms with E-state index < -0.39 is 6.09 Å². The maximum atomic E-state index is 14.1. The van der Waals surface area contributed by atoms with Crippen molar-refractivity contribution in [3.05, 3.63) is 23.8 Å². The molecule has 0 radical (unpaired) electrons. The summed E-state index contributed by atoms with van der Waals surface area (Å²) in [6.07, 6.45) is 10.3. The van der Waals surface area contributed by atoms with Gasteiger partial charge in [-0.15, -0.1) is 0 Å². The minimum absolute atomic E-state index is 0.000699. The fourth-order valence-corrected chi connectivity index (χ4v) is 7.49. The molecule has 1 saturated heterocycles. The molecule has 0 aromatic heterocycles. The Morgan fingerprint density at radius 1 is 0.972 bits per heavy atom. The molecule has 3 fully saturated rings. The molecular weight excluding hydrogens is 456 g/mol. The SMILES string of the molecule is COc1cc(CNC(=O)C2C(C3(C)CCCCC3)CN(C(=O)O)CC2C2(C)CCCCC2)ccc1O. The molecule has 3 N–H and O–H groups in total. The first-order valence-corrected chi connectivity index (χ1v) is 13.8. The van der Waals surface area contributed by atoms with Gasteiger partial charge in [0.2, 0.25) is 5.91 Å². The molecule has 1 aromatic rings. The van der Waals surface area contributed by atoms with Crippen LogP contribution in [0.2, 0.25) is 0 Å². The Hall–Kier alpha value is -2.44. The number of carboxylic acid groups (broad SMARTS) is 1. The number of amides is 2. The molecule has 3 aliphatic rings. The van der Waals surface area contributed by atoms with E-state index in [4.69, 9.17) is 4.74 Å². The quantitative estimate of drug-likeness (QED) is 0.458. The van der Waals surface area contributed by atoms with Gasteiger partial charge in [-0.25, -0.2) is 4.79 Å². The van der Waals surface area contributed by atoms with Crippen LogP contribution in [0.3, 0.4) is 0 Å². The van der Waals surface area contributed by atoms with Crippen LogP contribution in [0.15, 0.2) is 18.2 Å². The van der Waals surface area contributed by atoms with E-state index in [0.29, 0.717) is 25.4 Å². The smallest absolute Gasteiger partial charge is 0.407 e. The fraction of sp³-hybridized carbons (Fsp3) is 0.724. The number of benzene rings is 1. The van der Waals surface area contributed by atoms with Gasteiger partial charge >= 0.3 is 6.09 Å². The maximum Gasteiger partial charge on any atom is 0.407 e. The van der Waals surface area contributed by atoms with Crippen LogP contribution >= 0.6 is 0 Å². The number of nitrogens with one attached hydrogen (secondary N) is 1. The number of nitrogens with zero attached hydrogens (tertiary/aromatic N) is 1. The number of hydrogen-bond acceptors (Lipinski definition) is 4. The van der Waals surface area contributed by atoms with Crippen molar-refractivity contribution in [1.82, 2.24) is 10.2 Å². The third kappa shape index (κ3) is 5.45. The van der Waals surface area contributed by atoms with Gasteiger partial charge in [-0.2, -0.15) is 0 Å². The number of likely N-dealkylation sites (tertiary alicyclic amines) is 1. The molecule has 36 heavy (non-hydrogen) atoms. The van der Waals surface area contributed by atoms with E-state index in [0.717, 1.165) is 56.9 Å². The third-order valence-electron chi connectivity index (χ3n) is 9.77. The molecule has 2 amide bonds. The summed E-state index contributed by atoms with van der Waals surface area (Å²) in [6, 6.07) is 5.14. The van der Waals surface area contributed by atoms with Gasteiger partial charge in [-0.05, 0) is 66.0 Å². The second kappa shape index (κ2) is 10.9. The van der Waals surface area contributed by atoms with Crippen molar-refractivity contribution in [1.29, 1.82) is 0 Å². The Balaban J connectivity index is 1.66. The zero-order chi connectivity index (χ0) is 25.9. The van der Waals surface area contributed by atoms with Crippen LogP contribution in [0.5, 0.6) is 11.5 Å². The van der Waals surface area contributed by atoms with E-state index in [-0.39, 0.29) is 40.2 Å². The van der Waals surface area contributed by atoms with E-state index in [9.17, 15) is 19.8 Å². The van der Waals surface area contributed by atoms with E-state index in [1.165, 1.54) is 20.0 Å². The van der Waals surface area contributed by atoms with Crippen LogP contribution in [0, 0.1) is 28.6 Å². The van der Waals surface area contributed by atoms with E-state index >= 15 is 0 Å². The highest BCUT2D eigenvalue weighted by atomic mass is 16.5. The van der Waals surface area contributed by atoms with Gasteiger partial charge in [0.05, 0.1) is 7.11 Å². The average Bonchev–Trinajstić information content (AvgIpc) is 2.88. The number of carbonyl (C=O) groups is 2. The van der Waals surface area contributed by atoms with Crippen molar-refractivity contribution in [2.75, 3.05) is 20.2 Å². The molecule has 0 bridgehead atoms. The molecule has 1 aromatic carbocycles. The number of methoxy groups -OCH3 is 1. The van der Waals surface area contributed by atoms with Crippen molar-refractivity contribution in [3.63, 3.8) is 0 Å². The highest BCUT2D eigenvalue weighted by Gasteiger charge is 2.54. The van der Waals surface area contributed by atoms with Crippen molar-refractivity contribution in [2.45, 2.75) is 84.6 Å². The van der Waals surface area contributed by atoms with Crippen LogP contribution in [0.25, 0.3) is 0 Å². The van der Waals surface area contributed by atoms with Gasteiger partial charge in [0.25, 0.3) is 0 Å². The Labute approximate surface area is 215 Å². The lowest BCUT2D eigenvalue weighted by atomic mass is 9.53. The van der Waals surface area contributed by atoms with Gasteiger partial charge < -0.3 is 25.2 Å². The molecule has 200 valence electrons. The van der Waals surface area contributed by atoms with Crippen molar-refractivity contribution in [3.8, 4) is 11.5 Å². The second-order valence-electron chi connectivity index (χ2n) is 12.1. The molecule has 2 aliphatic carbocycles. The van der Waals surface area contributed by atoms with Gasteiger partial charge in [0.15, 0.2) is 11.5 Å². The summed E-state index contributed by atoms with van der Waals surface area (Å²) in [7, 11) is 1.51. The highest BCUT2D eigenvalue weighted by Crippen LogP contribution is 2.55. The first-order chi connectivity index (χ1) is 17.2. The Bertz CT molecular complexity index is 902. The zero-order valence-electron chi connectivity index (χ0n) is 22.2. The van der Waals surface area contributed by atoms with Crippen molar-refractivity contribution < 1.29 is 24.5 Å². The highest BCUT2D eigenvalue weighted by molar-refractivity contribution is 5.80. The molecule has 7 nitrogen and oxygen atoms in total. The van der Waals surface area contributed by atoms with Crippen LogP contribution in [0.4, 0.5) is 4.79 Å². The van der Waals surface area contributed by atoms with E-state index in [1.54, 1.807) is 23.1 Å². The largest absolute Gasteiger partial charge is 0.504 e. The summed E-state index contributed by atoms with van der Waals surface area (Å²) in [4.78, 5) is 28.0. The standard InChI is InChI=1S/C29H44N2O5/c1-28(12-6-4-7-13-28)21-18-31(27(34)35)19-22(29(2)14-8-5-9-15-29)25(21)26(33)30-17-20-10-11-23(32)24(16-20)36-3/h10-11,16,21-22,25,32H,4-9,12-15,17-19H2,1-3H3,(H,30,33)(H,34,35). The summed E-state index contributed by atoms with van der Waals surface area (Å²) in [5.74, 6) is 0.286. The summed E-state index contributed by atoms with van der Waals surface area (Å²) in [6.45, 7) is 5.82. The third-order valence-corrected chi connectivity index (χ3v) is 9.77. The van der Waals surface area contributed by atoms with Crippen LogP contribution in [0.1, 0.15) is 83.6 Å². The van der Waals surface area contributed by atoms with Gasteiger partial charge in [0, 0.05) is 25.6 Å². The topological polar surface area (TPSA) is 99.1 Å². The number of phenols is 1. The number of carbonyl (C=O) groups excluding carboxylic acids is 1. The van der Waals surface area contributed by atoms with Crippen LogP contribution in [-0.4, -0.2) is 47.3 Å². The van der Waals surface area contributed by atoms with Crippen LogP contribution in [-0.2, 0) is 11.3 Å². The Kier molecular flexibility index (Phi) is 8.06. The zero-order valence-corrected chi connectivity index (χ0v) is 22.2. The predicted molar refractivity (Wildman–Crippen MR) is 139 cm³/mol. The van der Waals surface area contributed by atoms with Gasteiger partial charge in [0.1, 0.15) is 0 Å². The van der Waals surface area contributed by atoms with Crippen molar-refractivity contribution >= 4 is 12.0 Å². The molecular formula is C29H44N2O5. The number of piperidine rings is 1. The lowest BCUT2D eigenvalue weighted by Crippen LogP contribution is -2.60. The van der Waals surface area contributed by atoms with Gasteiger partial charge in [-0.1, -0.05) is 58.4 Å². The number of phenolic OH excluding ortho intramolecular Hbond substituents is 1. The van der Waals surface area contributed by atoms with Crippen molar-refractivity contribution in [2.24, 2.45) is 28.6 Å². The van der Waals surface area contributed by atoms with Gasteiger partial charge in [-0.3, -0.25) is 4.79 Å². The molecule has 0 spiro atoms. The van der Waals surface area contributed by atoms with E-state index in [1.807, 2.05) is 0 Å². The normalized spacial score (nSPS) is 27.8. The molecule has 1 aliphatic heterocycles. The predicted octanol–water partition coefficient (Wildman–Crippen LogP) is 5.80. The Morgan fingerprint density at radius 3 is 1.97 bits per heavy atom. The monoisotopic (exact) mass is 500 g/mol. The molecule has 4 rings (SSSR count). The lowest BCUT2D eigenvalue weighted by molar-refractivity contribution is -0.143. The molecule has 2 unspecified atom stereocenters. The maximum absolute atomic E-state index is 14.1. The lowest BCUT2D eigenvalue weighted by Gasteiger charge is -2.55. The average molecular weight is 501 g/mol. The number of hydrogen-bond donors (Lipinski definition) is 3. The second-order valence-corrected chi connectivity index (χ2v) is 12.1. The number of ether oxygens (including phenoxy) is 1. The number of aromatic hydroxyl groups is 1. The number of rotatable bonds is 6. The molecule has 7 heteroatoms. The summed E-state index contributed by atoms with van der Waals surface area (Å²) < 4.78 is 5.24. The fourth-order valence-electron chi connectivity index (χ4n) is 7.49. The minimum atomic E-state index is -0.862. The first kappa shape index (κ1) is 26.6. The summed E-state index contributed by atoms with van der Waals surface area (Å²) >= 11 is 0. The van der Waals surface area contributed by atoms with E-state index in [2.05, 4.69) is 19.2 Å². The first-order valence-electron chi connectivity index (χ1n) is 13.8. The molecule has 1 heterocycles.